The number of ketones is 1. The molecule has 0 saturated heterocycles. The summed E-state index contributed by atoms with van der Waals surface area (Å²) in [7, 11) is 0. The Kier molecular flexibility index (Phi) is 4.54. The molecule has 0 spiro atoms. The van der Waals surface area contributed by atoms with Gasteiger partial charge in [0.05, 0.1) is 15.8 Å². The maximum atomic E-state index is 12.4. The van der Waals surface area contributed by atoms with E-state index < -0.39 is 17.9 Å². The molecule has 0 fully saturated rings. The van der Waals surface area contributed by atoms with Gasteiger partial charge >= 0.3 is 6.43 Å². The summed E-state index contributed by atoms with van der Waals surface area (Å²) in [6, 6.07) is 5.75. The third-order valence-electron chi connectivity index (χ3n) is 3.03. The van der Waals surface area contributed by atoms with Gasteiger partial charge < -0.3 is 8.98 Å². The van der Waals surface area contributed by atoms with Crippen molar-refractivity contribution < 1.29 is 18.0 Å². The summed E-state index contributed by atoms with van der Waals surface area (Å²) < 4.78 is 31.3. The molecular weight excluding hydrogens is 364 g/mol. The van der Waals surface area contributed by atoms with Gasteiger partial charge in [-0.05, 0) is 18.2 Å². The molecule has 0 radical (unpaired) electrons. The van der Waals surface area contributed by atoms with Gasteiger partial charge in [-0.1, -0.05) is 11.6 Å². The predicted octanol–water partition coefficient (Wildman–Crippen LogP) is 3.43. The number of nitrogens with zero attached hydrogens (tertiary/aromatic N) is 3. The molecule has 3 aromatic rings. The standard InChI is InChI=1S/C14H8ClF2N3O3S/c15-10-2-1-9(24-10)8(21)6-20-4-3-7(5-11(20)22)13-18-19-14(23-13)12(16)17/h1-5,12H,6H2. The number of alkyl halides is 2. The van der Waals surface area contributed by atoms with E-state index in [9.17, 15) is 18.4 Å². The van der Waals surface area contributed by atoms with Gasteiger partial charge in [0.25, 0.3) is 11.4 Å². The van der Waals surface area contributed by atoms with Crippen LogP contribution in [0.2, 0.25) is 4.34 Å². The third-order valence-corrected chi connectivity index (χ3v) is 4.30. The first-order valence-corrected chi connectivity index (χ1v) is 7.74. The molecule has 24 heavy (non-hydrogen) atoms. The Labute approximate surface area is 142 Å². The van der Waals surface area contributed by atoms with Gasteiger partial charge in [-0.3, -0.25) is 9.59 Å². The summed E-state index contributed by atoms with van der Waals surface area (Å²) in [5.74, 6) is -1.27. The number of halogens is 3. The number of rotatable bonds is 5. The fourth-order valence-electron chi connectivity index (χ4n) is 1.91. The van der Waals surface area contributed by atoms with Gasteiger partial charge in [0.1, 0.15) is 0 Å². The van der Waals surface area contributed by atoms with Gasteiger partial charge in [-0.15, -0.1) is 21.5 Å². The summed E-state index contributed by atoms with van der Waals surface area (Å²) in [6.07, 6.45) is -1.53. The Bertz CT molecular complexity index is 951. The molecule has 3 aromatic heterocycles. The van der Waals surface area contributed by atoms with Crippen molar-refractivity contribution in [2.24, 2.45) is 0 Å². The van der Waals surface area contributed by atoms with E-state index in [1.54, 1.807) is 12.1 Å². The van der Waals surface area contributed by atoms with E-state index in [2.05, 4.69) is 10.2 Å². The molecule has 6 nitrogen and oxygen atoms in total. The SMILES string of the molecule is O=C(Cn1ccc(-c2nnc(C(F)F)o2)cc1=O)c1ccc(Cl)s1. The van der Waals surface area contributed by atoms with Gasteiger partial charge in [-0.2, -0.15) is 8.78 Å². The zero-order valence-electron chi connectivity index (χ0n) is 11.8. The number of carbonyl (C=O) groups excluding carboxylic acids is 1. The number of Topliss-reactive ketones (excluding diaryl/α,β-unsaturated/α-hetero) is 1. The molecule has 0 atom stereocenters. The quantitative estimate of drug-likeness (QED) is 0.642. The fraction of sp³-hybridized carbons (Fsp3) is 0.143. The van der Waals surface area contributed by atoms with Gasteiger partial charge in [-0.25, -0.2) is 0 Å². The molecule has 10 heteroatoms. The van der Waals surface area contributed by atoms with Crippen LogP contribution in [0, 0.1) is 0 Å². The van der Waals surface area contributed by atoms with Crippen molar-refractivity contribution >= 4 is 28.7 Å². The Hall–Kier alpha value is -2.39. The van der Waals surface area contributed by atoms with Crippen molar-refractivity contribution in [1.29, 1.82) is 0 Å². The Morgan fingerprint density at radius 1 is 1.33 bits per heavy atom. The Balaban J connectivity index is 1.82. The van der Waals surface area contributed by atoms with Crippen LogP contribution in [0.15, 0.2) is 39.7 Å². The van der Waals surface area contributed by atoms with Crippen LogP contribution >= 0.6 is 22.9 Å². The highest BCUT2D eigenvalue weighted by Crippen LogP contribution is 2.23. The average Bonchev–Trinajstić information content (AvgIpc) is 3.18. The van der Waals surface area contributed by atoms with Crippen molar-refractivity contribution in [3.05, 3.63) is 55.9 Å². The molecule has 0 aliphatic rings. The summed E-state index contributed by atoms with van der Waals surface area (Å²) >= 11 is 6.90. The smallest absolute Gasteiger partial charge is 0.314 e. The summed E-state index contributed by atoms with van der Waals surface area (Å²) in [5, 5.41) is 6.66. The minimum atomic E-state index is -2.89. The normalized spacial score (nSPS) is 11.2. The summed E-state index contributed by atoms with van der Waals surface area (Å²) in [5.41, 5.74) is -0.303. The molecule has 0 aliphatic heterocycles. The molecule has 0 amide bonds. The van der Waals surface area contributed by atoms with Crippen LogP contribution in [-0.2, 0) is 6.54 Å². The topological polar surface area (TPSA) is 78.0 Å². The van der Waals surface area contributed by atoms with E-state index in [-0.39, 0.29) is 23.8 Å². The highest BCUT2D eigenvalue weighted by atomic mass is 35.5. The first-order valence-electron chi connectivity index (χ1n) is 6.55. The summed E-state index contributed by atoms with van der Waals surface area (Å²) in [6.45, 7) is -0.165. The minimum Gasteiger partial charge on any atom is -0.415 e. The Morgan fingerprint density at radius 2 is 2.12 bits per heavy atom. The lowest BCUT2D eigenvalue weighted by atomic mass is 10.2. The van der Waals surface area contributed by atoms with Crippen LogP contribution in [-0.4, -0.2) is 20.5 Å². The molecule has 3 heterocycles. The highest BCUT2D eigenvalue weighted by Gasteiger charge is 2.18. The number of aromatic nitrogens is 3. The number of thiophene rings is 1. The molecule has 0 N–H and O–H groups in total. The minimum absolute atomic E-state index is 0.165. The van der Waals surface area contributed by atoms with Crippen LogP contribution in [0.25, 0.3) is 11.5 Å². The first kappa shape index (κ1) is 16.5. The van der Waals surface area contributed by atoms with Crippen LogP contribution < -0.4 is 5.56 Å². The molecule has 3 rings (SSSR count). The maximum Gasteiger partial charge on any atom is 0.314 e. The van der Waals surface area contributed by atoms with Crippen LogP contribution in [0.4, 0.5) is 8.78 Å². The monoisotopic (exact) mass is 371 g/mol. The van der Waals surface area contributed by atoms with Crippen LogP contribution in [0.5, 0.6) is 0 Å². The van der Waals surface area contributed by atoms with E-state index in [1.165, 1.54) is 16.8 Å². The number of hydrogen-bond donors (Lipinski definition) is 0. The number of hydrogen-bond acceptors (Lipinski definition) is 6. The Morgan fingerprint density at radius 3 is 2.71 bits per heavy atom. The summed E-state index contributed by atoms with van der Waals surface area (Å²) in [4.78, 5) is 24.6. The molecule has 124 valence electrons. The molecule has 0 aliphatic carbocycles. The number of carbonyl (C=O) groups is 1. The van der Waals surface area contributed by atoms with E-state index in [1.807, 2.05) is 0 Å². The maximum absolute atomic E-state index is 12.4. The van der Waals surface area contributed by atoms with E-state index in [0.717, 1.165) is 17.4 Å². The largest absolute Gasteiger partial charge is 0.415 e. The fourth-order valence-corrected chi connectivity index (χ4v) is 2.88. The van der Waals surface area contributed by atoms with Crippen molar-refractivity contribution in [1.82, 2.24) is 14.8 Å². The van der Waals surface area contributed by atoms with Crippen molar-refractivity contribution in [3.8, 4) is 11.5 Å². The lowest BCUT2D eigenvalue weighted by Gasteiger charge is -2.04. The van der Waals surface area contributed by atoms with E-state index in [4.69, 9.17) is 16.0 Å². The van der Waals surface area contributed by atoms with E-state index in [0.29, 0.717) is 9.21 Å². The highest BCUT2D eigenvalue weighted by molar-refractivity contribution is 7.18. The molecule has 0 saturated carbocycles. The van der Waals surface area contributed by atoms with Gasteiger partial charge in [0, 0.05) is 17.8 Å². The van der Waals surface area contributed by atoms with Crippen LogP contribution in [0.3, 0.4) is 0 Å². The molecule has 0 aromatic carbocycles. The zero-order valence-corrected chi connectivity index (χ0v) is 13.4. The van der Waals surface area contributed by atoms with Crippen molar-refractivity contribution in [2.45, 2.75) is 13.0 Å². The second kappa shape index (κ2) is 6.62. The van der Waals surface area contributed by atoms with Crippen molar-refractivity contribution in [3.63, 3.8) is 0 Å². The lowest BCUT2D eigenvalue weighted by Crippen LogP contribution is -2.22. The lowest BCUT2D eigenvalue weighted by molar-refractivity contribution is 0.0974. The van der Waals surface area contributed by atoms with Gasteiger partial charge in [0.2, 0.25) is 5.89 Å². The second-order valence-electron chi connectivity index (χ2n) is 4.65. The molecule has 0 unspecified atom stereocenters. The molecular formula is C14H8ClF2N3O3S. The average molecular weight is 372 g/mol. The van der Waals surface area contributed by atoms with Gasteiger partial charge in [0.15, 0.2) is 5.78 Å². The second-order valence-corrected chi connectivity index (χ2v) is 6.37. The predicted molar refractivity (Wildman–Crippen MR) is 82.6 cm³/mol. The van der Waals surface area contributed by atoms with E-state index >= 15 is 0 Å². The van der Waals surface area contributed by atoms with Crippen molar-refractivity contribution in [2.75, 3.05) is 0 Å². The van der Waals surface area contributed by atoms with Crippen LogP contribution in [0.1, 0.15) is 22.0 Å². The zero-order chi connectivity index (χ0) is 17.3. The number of pyridine rings is 1. The third kappa shape index (κ3) is 3.41. The molecule has 0 bridgehead atoms. The first-order chi connectivity index (χ1) is 11.4.